The van der Waals surface area contributed by atoms with Gasteiger partial charge in [0.25, 0.3) is 0 Å². The monoisotopic (exact) mass is 304 g/mol. The summed E-state index contributed by atoms with van der Waals surface area (Å²) in [5, 5.41) is -1.79. The van der Waals surface area contributed by atoms with Gasteiger partial charge in [0.1, 0.15) is 11.1 Å². The number of alkyl halides is 9. The number of rotatable bonds is 0. The van der Waals surface area contributed by atoms with Gasteiger partial charge in [-0.05, 0) is 0 Å². The molecule has 1 nitrogen and oxygen atoms in total. The molecule has 0 fully saturated rings. The maximum atomic E-state index is 12.3. The van der Waals surface area contributed by atoms with Crippen molar-refractivity contribution in [2.75, 3.05) is 0 Å². The molecule has 1 aromatic heterocycles. The van der Waals surface area contributed by atoms with Crippen LogP contribution >= 0.6 is 12.6 Å². The zero-order chi connectivity index (χ0) is 14.5. The zero-order valence-corrected chi connectivity index (χ0v) is 8.65. The summed E-state index contributed by atoms with van der Waals surface area (Å²) in [6, 6.07) is 0. The van der Waals surface area contributed by atoms with Crippen molar-refractivity contribution in [2.45, 2.75) is 23.6 Å². The Kier molecular flexibility index (Phi) is 3.35. The number of halogens is 9. The van der Waals surface area contributed by atoms with Crippen LogP contribution in [0, 0.1) is 0 Å². The minimum absolute atomic E-state index is 1.79. The van der Waals surface area contributed by atoms with Gasteiger partial charge in [-0.15, -0.1) is 12.6 Å². The number of thiol groups is 1. The predicted molar refractivity (Wildman–Crippen MR) is 41.0 cm³/mol. The third-order valence-corrected chi connectivity index (χ3v) is 2.03. The molecule has 0 unspecified atom stereocenters. The van der Waals surface area contributed by atoms with Gasteiger partial charge in [0.2, 0.25) is 5.76 Å². The fourth-order valence-electron chi connectivity index (χ4n) is 1.15. The van der Waals surface area contributed by atoms with Crippen LogP contribution in [0.15, 0.2) is 9.51 Å². The van der Waals surface area contributed by atoms with Crippen LogP contribution < -0.4 is 0 Å². The summed E-state index contributed by atoms with van der Waals surface area (Å²) in [7, 11) is 0. The zero-order valence-electron chi connectivity index (χ0n) is 7.76. The molecule has 0 saturated carbocycles. The molecule has 0 aromatic carbocycles. The van der Waals surface area contributed by atoms with E-state index < -0.39 is 40.5 Å². The third kappa shape index (κ3) is 2.70. The molecule has 104 valence electrons. The molecule has 0 aliphatic carbocycles. The smallest absolute Gasteiger partial charge is 0.444 e. The van der Waals surface area contributed by atoms with Crippen LogP contribution in [0.25, 0.3) is 0 Å². The van der Waals surface area contributed by atoms with Crippen LogP contribution in [-0.2, 0) is 18.5 Å². The van der Waals surface area contributed by atoms with Crippen molar-refractivity contribution in [2.24, 2.45) is 0 Å². The Balaban J connectivity index is 3.70. The summed E-state index contributed by atoms with van der Waals surface area (Å²) in [6.07, 6.45) is -17.3. The van der Waals surface area contributed by atoms with E-state index in [-0.39, 0.29) is 0 Å². The van der Waals surface area contributed by atoms with Crippen molar-refractivity contribution in [1.29, 1.82) is 0 Å². The molecular weight excluding hydrogens is 303 g/mol. The minimum atomic E-state index is -5.87. The second kappa shape index (κ2) is 4.00. The van der Waals surface area contributed by atoms with Gasteiger partial charge in [0.15, 0.2) is 5.09 Å². The molecule has 0 N–H and O–H groups in total. The lowest BCUT2D eigenvalue weighted by atomic mass is 10.1. The second-order valence-electron chi connectivity index (χ2n) is 2.98. The van der Waals surface area contributed by atoms with Crippen LogP contribution in [0.5, 0.6) is 0 Å². The number of hydrogen-bond acceptors (Lipinski definition) is 2. The molecule has 0 radical (unpaired) electrons. The van der Waals surface area contributed by atoms with Gasteiger partial charge < -0.3 is 4.42 Å². The normalized spacial score (nSPS) is 14.1. The quantitative estimate of drug-likeness (QED) is 0.545. The maximum Gasteiger partial charge on any atom is 0.450 e. The largest absolute Gasteiger partial charge is 0.450 e. The van der Waals surface area contributed by atoms with Crippen LogP contribution in [0.1, 0.15) is 16.9 Å². The standard InChI is InChI=1S/C7HF9OS/c8-5(9,10)1-2(6(11,12)13)4(18)17-3(1)7(14,15)16/h18H. The van der Waals surface area contributed by atoms with E-state index in [1.54, 1.807) is 0 Å². The van der Waals surface area contributed by atoms with Crippen LogP contribution in [0.2, 0.25) is 0 Å². The average Bonchev–Trinajstić information content (AvgIpc) is 2.39. The average molecular weight is 304 g/mol. The molecule has 0 aliphatic heterocycles. The van der Waals surface area contributed by atoms with E-state index in [0.717, 1.165) is 0 Å². The number of hydrogen-bond donors (Lipinski definition) is 1. The van der Waals surface area contributed by atoms with Crippen molar-refractivity contribution in [3.05, 3.63) is 16.9 Å². The molecule has 0 aliphatic rings. The van der Waals surface area contributed by atoms with E-state index in [1.165, 1.54) is 0 Å². The molecule has 11 heteroatoms. The van der Waals surface area contributed by atoms with Crippen molar-refractivity contribution >= 4 is 12.6 Å². The fraction of sp³-hybridized carbons (Fsp3) is 0.429. The van der Waals surface area contributed by atoms with Gasteiger partial charge in [-0.1, -0.05) is 0 Å². The van der Waals surface area contributed by atoms with Crippen molar-refractivity contribution < 1.29 is 43.9 Å². The first-order valence-corrected chi connectivity index (χ1v) is 4.28. The Labute approximate surface area is 98.0 Å². The molecule has 1 rings (SSSR count). The lowest BCUT2D eigenvalue weighted by Gasteiger charge is -2.12. The summed E-state index contributed by atoms with van der Waals surface area (Å²) in [5.41, 5.74) is -5.52. The molecule has 1 aromatic rings. The van der Waals surface area contributed by atoms with Crippen molar-refractivity contribution in [3.63, 3.8) is 0 Å². The molecular formula is C7HF9OS. The summed E-state index contributed by atoms with van der Waals surface area (Å²) in [6.45, 7) is 0. The van der Waals surface area contributed by atoms with Gasteiger partial charge in [0.05, 0.1) is 0 Å². The maximum absolute atomic E-state index is 12.3. The van der Waals surface area contributed by atoms with E-state index in [2.05, 4.69) is 17.0 Å². The first kappa shape index (κ1) is 15.1. The Bertz CT molecular complexity index is 449. The molecule has 0 bridgehead atoms. The highest BCUT2D eigenvalue weighted by Crippen LogP contribution is 2.50. The third-order valence-electron chi connectivity index (χ3n) is 1.71. The summed E-state index contributed by atoms with van der Waals surface area (Å²) in [4.78, 5) is 0. The van der Waals surface area contributed by atoms with Crippen LogP contribution in [0.3, 0.4) is 0 Å². The molecule has 0 atom stereocenters. The lowest BCUT2D eigenvalue weighted by Crippen LogP contribution is -2.19. The van der Waals surface area contributed by atoms with Gasteiger partial charge in [-0.3, -0.25) is 0 Å². The van der Waals surface area contributed by atoms with Crippen molar-refractivity contribution in [1.82, 2.24) is 0 Å². The number of furan rings is 1. The summed E-state index contributed by atoms with van der Waals surface area (Å²) >= 11 is 2.86. The Morgan fingerprint density at radius 2 is 1.06 bits per heavy atom. The molecule has 0 amide bonds. The van der Waals surface area contributed by atoms with Crippen LogP contribution in [-0.4, -0.2) is 0 Å². The van der Waals surface area contributed by atoms with Crippen LogP contribution in [0.4, 0.5) is 39.5 Å². The fourth-order valence-corrected chi connectivity index (χ4v) is 1.48. The second-order valence-corrected chi connectivity index (χ2v) is 3.39. The van der Waals surface area contributed by atoms with E-state index in [4.69, 9.17) is 0 Å². The Morgan fingerprint density at radius 3 is 1.33 bits per heavy atom. The van der Waals surface area contributed by atoms with E-state index in [1.807, 2.05) is 0 Å². The lowest BCUT2D eigenvalue weighted by molar-refractivity contribution is -0.178. The van der Waals surface area contributed by atoms with Gasteiger partial charge in [-0.2, -0.15) is 39.5 Å². The highest BCUT2D eigenvalue weighted by molar-refractivity contribution is 7.80. The van der Waals surface area contributed by atoms with Gasteiger partial charge in [-0.25, -0.2) is 0 Å². The van der Waals surface area contributed by atoms with Crippen molar-refractivity contribution in [3.8, 4) is 0 Å². The highest BCUT2D eigenvalue weighted by atomic mass is 32.1. The predicted octanol–water partition coefficient (Wildman–Crippen LogP) is 4.62. The first-order valence-electron chi connectivity index (χ1n) is 3.83. The molecule has 0 spiro atoms. The van der Waals surface area contributed by atoms with Gasteiger partial charge in [0, 0.05) is 0 Å². The topological polar surface area (TPSA) is 13.1 Å². The Hall–Kier alpha value is -1.00. The molecule has 0 saturated heterocycles. The highest BCUT2D eigenvalue weighted by Gasteiger charge is 2.55. The van der Waals surface area contributed by atoms with E-state index >= 15 is 0 Å². The minimum Gasteiger partial charge on any atom is -0.444 e. The summed E-state index contributed by atoms with van der Waals surface area (Å²) in [5.74, 6) is -2.77. The van der Waals surface area contributed by atoms with E-state index in [9.17, 15) is 39.5 Å². The summed E-state index contributed by atoms with van der Waals surface area (Å²) < 4.78 is 114. The Morgan fingerprint density at radius 1 is 0.667 bits per heavy atom. The van der Waals surface area contributed by atoms with E-state index in [0.29, 0.717) is 0 Å². The van der Waals surface area contributed by atoms with Gasteiger partial charge >= 0.3 is 18.5 Å². The first-order chi connectivity index (χ1) is 7.76. The SMILES string of the molecule is FC(F)(F)c1oc(S)c(C(F)(F)F)c1C(F)(F)F. The molecule has 18 heavy (non-hydrogen) atoms. The molecule has 1 heterocycles.